The van der Waals surface area contributed by atoms with Crippen LogP contribution in [0.25, 0.3) is 11.3 Å². The molecular weight excluding hydrogens is 358 g/mol. The van der Waals surface area contributed by atoms with Gasteiger partial charge in [-0.1, -0.05) is 18.2 Å². The number of nitrogens with one attached hydrogen (secondary N) is 2. The summed E-state index contributed by atoms with van der Waals surface area (Å²) >= 11 is 0. The van der Waals surface area contributed by atoms with Gasteiger partial charge in [-0.15, -0.1) is 0 Å². The number of carbonyl (C=O) groups is 1. The molecule has 9 nitrogen and oxygen atoms in total. The van der Waals surface area contributed by atoms with E-state index in [1.54, 1.807) is 4.52 Å². The van der Waals surface area contributed by atoms with Crippen LogP contribution >= 0.6 is 0 Å². The van der Waals surface area contributed by atoms with Crippen LogP contribution in [0.4, 0.5) is 5.82 Å². The van der Waals surface area contributed by atoms with E-state index >= 15 is 0 Å². The van der Waals surface area contributed by atoms with E-state index in [1.807, 2.05) is 44.2 Å². The molecule has 0 fully saturated rings. The number of nitrogen functional groups attached to an aromatic ring is 1. The Morgan fingerprint density at radius 2 is 2.00 bits per heavy atom. The third-order valence-electron chi connectivity index (χ3n) is 4.68. The van der Waals surface area contributed by atoms with Gasteiger partial charge in [-0.3, -0.25) is 14.7 Å². The molecule has 0 bridgehead atoms. The minimum absolute atomic E-state index is 0.225. The monoisotopic (exact) mass is 377 g/mol. The predicted molar refractivity (Wildman–Crippen MR) is 104 cm³/mol. The Bertz CT molecular complexity index is 1230. The van der Waals surface area contributed by atoms with E-state index in [2.05, 4.69) is 20.5 Å². The van der Waals surface area contributed by atoms with Crippen LogP contribution in [0, 0.1) is 13.8 Å². The van der Waals surface area contributed by atoms with E-state index in [9.17, 15) is 9.59 Å². The van der Waals surface area contributed by atoms with Crippen LogP contribution in [0.3, 0.4) is 0 Å². The highest BCUT2D eigenvalue weighted by Crippen LogP contribution is 2.18. The van der Waals surface area contributed by atoms with Gasteiger partial charge in [-0.05, 0) is 26.0 Å². The van der Waals surface area contributed by atoms with Crippen molar-refractivity contribution >= 4 is 17.4 Å². The van der Waals surface area contributed by atoms with Crippen molar-refractivity contribution in [2.24, 2.45) is 0 Å². The van der Waals surface area contributed by atoms with Crippen molar-refractivity contribution in [3.63, 3.8) is 0 Å². The maximum absolute atomic E-state index is 12.6. The molecular formula is C19H19N7O2. The molecule has 0 aliphatic carbocycles. The molecule has 0 unspecified atom stereocenters. The number of H-pyrrole nitrogens is 1. The molecule has 0 atom stereocenters. The Kier molecular flexibility index (Phi) is 4.19. The SMILES string of the molecule is Cc1nc2cc(=O)[nH]n2c(C)c1CNC(=O)c1cnn(-c2ccccc2)c1N. The van der Waals surface area contributed by atoms with E-state index < -0.39 is 0 Å². The summed E-state index contributed by atoms with van der Waals surface area (Å²) in [7, 11) is 0. The average Bonchev–Trinajstić information content (AvgIpc) is 3.24. The third kappa shape index (κ3) is 2.92. The molecule has 0 aliphatic heterocycles. The van der Waals surface area contributed by atoms with Crippen LogP contribution in [0.5, 0.6) is 0 Å². The van der Waals surface area contributed by atoms with Gasteiger partial charge in [0, 0.05) is 29.6 Å². The number of benzene rings is 1. The Labute approximate surface area is 159 Å². The zero-order valence-electron chi connectivity index (χ0n) is 15.4. The first-order valence-corrected chi connectivity index (χ1v) is 8.70. The summed E-state index contributed by atoms with van der Waals surface area (Å²) in [6, 6.07) is 10.8. The number of aromatic nitrogens is 5. The van der Waals surface area contributed by atoms with Crippen molar-refractivity contribution < 1.29 is 4.79 Å². The number of carbonyl (C=O) groups excluding carboxylic acids is 1. The van der Waals surface area contributed by atoms with Crippen molar-refractivity contribution in [3.8, 4) is 5.69 Å². The number of amides is 1. The van der Waals surface area contributed by atoms with Gasteiger partial charge in [0.1, 0.15) is 11.4 Å². The molecule has 3 heterocycles. The first-order chi connectivity index (χ1) is 13.5. The van der Waals surface area contributed by atoms with Gasteiger partial charge in [-0.25, -0.2) is 14.2 Å². The maximum Gasteiger partial charge on any atom is 0.266 e. The van der Waals surface area contributed by atoms with Crippen LogP contribution in [0.2, 0.25) is 0 Å². The lowest BCUT2D eigenvalue weighted by molar-refractivity contribution is 0.0951. The summed E-state index contributed by atoms with van der Waals surface area (Å²) in [4.78, 5) is 28.6. The van der Waals surface area contributed by atoms with E-state index in [4.69, 9.17) is 5.73 Å². The predicted octanol–water partition coefficient (Wildman–Crippen LogP) is 1.34. The van der Waals surface area contributed by atoms with Crippen LogP contribution in [0.15, 0.2) is 47.4 Å². The number of nitrogens with zero attached hydrogens (tertiary/aromatic N) is 4. The largest absolute Gasteiger partial charge is 0.383 e. The number of aryl methyl sites for hydroxylation is 2. The highest BCUT2D eigenvalue weighted by atomic mass is 16.1. The molecule has 28 heavy (non-hydrogen) atoms. The van der Waals surface area contributed by atoms with Crippen LogP contribution < -0.4 is 16.6 Å². The van der Waals surface area contributed by atoms with E-state index in [0.29, 0.717) is 11.2 Å². The van der Waals surface area contributed by atoms with Gasteiger partial charge >= 0.3 is 0 Å². The standard InChI is InChI=1S/C19H19N7O2/c1-11-14(12(2)25-16(23-11)8-17(27)24-25)9-21-19(28)15-10-22-26(18(15)20)13-6-4-3-5-7-13/h3-8,10H,9,20H2,1-2H3,(H,21,28)(H,24,27). The molecule has 0 radical (unpaired) electrons. The number of anilines is 1. The lowest BCUT2D eigenvalue weighted by atomic mass is 10.1. The van der Waals surface area contributed by atoms with Crippen molar-refractivity contribution in [1.29, 1.82) is 0 Å². The highest BCUT2D eigenvalue weighted by molar-refractivity contribution is 5.98. The lowest BCUT2D eigenvalue weighted by Crippen LogP contribution is -2.25. The average molecular weight is 377 g/mol. The first-order valence-electron chi connectivity index (χ1n) is 8.70. The Morgan fingerprint density at radius 1 is 1.25 bits per heavy atom. The van der Waals surface area contributed by atoms with Gasteiger partial charge in [0.2, 0.25) is 0 Å². The summed E-state index contributed by atoms with van der Waals surface area (Å²) in [5.41, 5.74) is 9.88. The molecule has 0 saturated carbocycles. The van der Waals surface area contributed by atoms with Crippen LogP contribution in [-0.2, 0) is 6.54 Å². The van der Waals surface area contributed by atoms with Gasteiger partial charge in [0.25, 0.3) is 11.5 Å². The van der Waals surface area contributed by atoms with Crippen molar-refractivity contribution in [1.82, 2.24) is 29.7 Å². The molecule has 0 saturated heterocycles. The summed E-state index contributed by atoms with van der Waals surface area (Å²) in [6.45, 7) is 3.95. The van der Waals surface area contributed by atoms with Crippen LogP contribution in [0.1, 0.15) is 27.3 Å². The van der Waals surface area contributed by atoms with E-state index in [-0.39, 0.29) is 23.8 Å². The van der Waals surface area contributed by atoms with Gasteiger partial charge in [0.15, 0.2) is 5.65 Å². The minimum atomic E-state index is -0.334. The Balaban J connectivity index is 1.58. The van der Waals surface area contributed by atoms with Gasteiger partial charge in [0.05, 0.1) is 11.9 Å². The number of rotatable bonds is 4. The minimum Gasteiger partial charge on any atom is -0.383 e. The quantitative estimate of drug-likeness (QED) is 0.495. The summed E-state index contributed by atoms with van der Waals surface area (Å²) < 4.78 is 3.13. The molecule has 142 valence electrons. The fourth-order valence-corrected chi connectivity index (χ4v) is 3.18. The zero-order valence-corrected chi connectivity index (χ0v) is 15.4. The second-order valence-electron chi connectivity index (χ2n) is 6.45. The normalized spacial score (nSPS) is 11.1. The smallest absolute Gasteiger partial charge is 0.266 e. The molecule has 1 aromatic carbocycles. The number of nitrogens with two attached hydrogens (primary N) is 1. The second kappa shape index (κ2) is 6.69. The summed E-state index contributed by atoms with van der Waals surface area (Å²) in [6.07, 6.45) is 1.45. The number of hydrogen-bond acceptors (Lipinski definition) is 5. The molecule has 3 aromatic heterocycles. The molecule has 0 spiro atoms. The highest BCUT2D eigenvalue weighted by Gasteiger charge is 2.17. The van der Waals surface area contributed by atoms with Gasteiger partial charge in [-0.2, -0.15) is 5.10 Å². The fraction of sp³-hybridized carbons (Fsp3) is 0.158. The molecule has 4 rings (SSSR count). The van der Waals surface area contributed by atoms with Crippen LogP contribution in [-0.4, -0.2) is 30.3 Å². The molecule has 4 N–H and O–H groups in total. The van der Waals surface area contributed by atoms with Crippen molar-refractivity contribution in [2.75, 3.05) is 5.73 Å². The molecule has 1 amide bonds. The maximum atomic E-state index is 12.6. The third-order valence-corrected chi connectivity index (χ3v) is 4.68. The fourth-order valence-electron chi connectivity index (χ4n) is 3.18. The summed E-state index contributed by atoms with van der Waals surface area (Å²) in [5.74, 6) is -0.0694. The van der Waals surface area contributed by atoms with Gasteiger partial charge < -0.3 is 11.1 Å². The van der Waals surface area contributed by atoms with Crippen molar-refractivity contribution in [3.05, 3.63) is 75.5 Å². The number of aromatic amines is 1. The van der Waals surface area contributed by atoms with E-state index in [1.165, 1.54) is 16.9 Å². The molecule has 9 heteroatoms. The number of para-hydroxylation sites is 1. The molecule has 4 aromatic rings. The Hall–Kier alpha value is -3.88. The second-order valence-corrected chi connectivity index (χ2v) is 6.45. The molecule has 0 aliphatic rings. The van der Waals surface area contributed by atoms with E-state index in [0.717, 1.165) is 22.6 Å². The number of hydrogen-bond donors (Lipinski definition) is 3. The lowest BCUT2D eigenvalue weighted by Gasteiger charge is -2.12. The summed E-state index contributed by atoms with van der Waals surface area (Å²) in [5, 5.41) is 9.77. The zero-order chi connectivity index (χ0) is 19.8. The Morgan fingerprint density at radius 3 is 2.75 bits per heavy atom. The topological polar surface area (TPSA) is 123 Å². The van der Waals surface area contributed by atoms with Crippen molar-refractivity contribution in [2.45, 2.75) is 20.4 Å². The number of fused-ring (bicyclic) bond motifs is 1. The first kappa shape index (κ1) is 17.5.